The normalized spacial score (nSPS) is 10.4. The number of ether oxygens (including phenoxy) is 2. The van der Waals surface area contributed by atoms with Gasteiger partial charge in [0.15, 0.2) is 0 Å². The molecular weight excluding hydrogens is 128 g/mol. The molecule has 0 atom stereocenters. The fraction of sp³-hybridized carbons (Fsp3) is 1.00. The van der Waals surface area contributed by atoms with Gasteiger partial charge in [-0.15, -0.1) is 0 Å². The third kappa shape index (κ3) is 4.23. The molecule has 0 aliphatic rings. The molecule has 0 aromatic rings. The zero-order valence-electron chi connectivity index (χ0n) is 5.05. The molecule has 3 nitrogen and oxygen atoms in total. The molecule has 50 valence electrons. The Morgan fingerprint density at radius 1 is 1.25 bits per heavy atom. The summed E-state index contributed by atoms with van der Waals surface area (Å²) >= 11 is 0. The molecule has 0 rings (SSSR count). The summed E-state index contributed by atoms with van der Waals surface area (Å²) in [5.74, 6) is 0.516. The number of rotatable bonds is 4. The molecule has 8 heavy (non-hydrogen) atoms. The van der Waals surface area contributed by atoms with Crippen LogP contribution in [-0.4, -0.2) is 30.3 Å². The number of hydrogen-bond donors (Lipinski definition) is 0. The Bertz CT molecular complexity index is 65.7. The second kappa shape index (κ2) is 5.21. The Kier molecular flexibility index (Phi) is 5.26. The second-order valence-corrected chi connectivity index (χ2v) is 2.60. The van der Waals surface area contributed by atoms with Crippen molar-refractivity contribution in [3.05, 3.63) is 0 Å². The average molecular weight is 138 g/mol. The first-order valence-corrected chi connectivity index (χ1v) is 3.63. The largest absolute Gasteiger partial charge is 0.371 e. The summed E-state index contributed by atoms with van der Waals surface area (Å²) in [7, 11) is 2.05. The van der Waals surface area contributed by atoms with E-state index in [0.717, 1.165) is 0 Å². The molecule has 0 aliphatic heterocycles. The van der Waals surface area contributed by atoms with Crippen LogP contribution in [0, 0.1) is 0 Å². The van der Waals surface area contributed by atoms with Crippen LogP contribution < -0.4 is 0 Å². The highest BCUT2D eigenvalue weighted by molar-refractivity contribution is 7.84. The molecule has 0 amide bonds. The van der Waals surface area contributed by atoms with Crippen LogP contribution in [0.5, 0.6) is 0 Å². The third-order valence-corrected chi connectivity index (χ3v) is 1.50. The van der Waals surface area contributed by atoms with Crippen LogP contribution in [0.1, 0.15) is 0 Å². The van der Waals surface area contributed by atoms with Crippen molar-refractivity contribution >= 4 is 10.8 Å². The molecule has 0 fully saturated rings. The highest BCUT2D eigenvalue weighted by Gasteiger charge is 1.93. The molecule has 0 saturated heterocycles. The van der Waals surface area contributed by atoms with Gasteiger partial charge in [-0.1, -0.05) is 0 Å². The van der Waals surface area contributed by atoms with Gasteiger partial charge in [-0.05, 0) is 0 Å². The summed E-state index contributed by atoms with van der Waals surface area (Å²) in [6.07, 6.45) is 0. The van der Waals surface area contributed by atoms with Crippen LogP contribution in [0.15, 0.2) is 0 Å². The lowest BCUT2D eigenvalue weighted by molar-refractivity contribution is 0.234. The predicted molar refractivity (Wildman–Crippen MR) is 31.9 cm³/mol. The van der Waals surface area contributed by atoms with Crippen molar-refractivity contribution in [3.63, 3.8) is 0 Å². The molecular formula is C4H10O3S. The van der Waals surface area contributed by atoms with Crippen molar-refractivity contribution in [2.45, 2.75) is 0 Å². The van der Waals surface area contributed by atoms with E-state index in [4.69, 9.17) is 0 Å². The lowest BCUT2D eigenvalue weighted by Gasteiger charge is -1.95. The summed E-state index contributed by atoms with van der Waals surface area (Å²) in [5.41, 5.74) is 0. The van der Waals surface area contributed by atoms with Crippen molar-refractivity contribution in [1.29, 1.82) is 0 Å². The van der Waals surface area contributed by atoms with Gasteiger partial charge in [0.1, 0.15) is 11.9 Å². The highest BCUT2D eigenvalue weighted by Crippen LogP contribution is 1.80. The first-order chi connectivity index (χ1) is 3.81. The summed E-state index contributed by atoms with van der Waals surface area (Å²) in [6, 6.07) is 0. The van der Waals surface area contributed by atoms with E-state index < -0.39 is 10.8 Å². The maximum atomic E-state index is 10.5. The van der Waals surface area contributed by atoms with Crippen molar-refractivity contribution in [2.75, 3.05) is 26.1 Å². The van der Waals surface area contributed by atoms with Gasteiger partial charge < -0.3 is 9.47 Å². The fourth-order valence-electron chi connectivity index (χ4n) is 0.297. The van der Waals surface area contributed by atoms with Gasteiger partial charge in [0, 0.05) is 14.2 Å². The zero-order chi connectivity index (χ0) is 6.41. The summed E-state index contributed by atoms with van der Waals surface area (Å²) in [5, 5.41) is 0. The van der Waals surface area contributed by atoms with Crippen molar-refractivity contribution in [2.24, 2.45) is 0 Å². The lowest BCUT2D eigenvalue weighted by Crippen LogP contribution is -2.04. The Morgan fingerprint density at radius 3 is 1.88 bits per heavy atom. The minimum Gasteiger partial charge on any atom is -0.371 e. The molecule has 0 saturated carbocycles. The minimum absolute atomic E-state index is 0.258. The summed E-state index contributed by atoms with van der Waals surface area (Å²) in [6.45, 7) is 0. The topological polar surface area (TPSA) is 35.5 Å². The molecule has 4 heteroatoms. The second-order valence-electron chi connectivity index (χ2n) is 1.25. The fourth-order valence-corrected chi connectivity index (χ4v) is 0.891. The first kappa shape index (κ1) is 8.07. The van der Waals surface area contributed by atoms with Crippen LogP contribution in [0.4, 0.5) is 0 Å². The van der Waals surface area contributed by atoms with Gasteiger partial charge >= 0.3 is 0 Å². The maximum Gasteiger partial charge on any atom is 0.124 e. The molecule has 0 bridgehead atoms. The Morgan fingerprint density at radius 2 is 1.62 bits per heavy atom. The van der Waals surface area contributed by atoms with E-state index >= 15 is 0 Å². The molecule has 0 aromatic heterocycles. The molecule has 0 aliphatic carbocycles. The third-order valence-electron chi connectivity index (χ3n) is 0.499. The molecule has 0 spiro atoms. The van der Waals surface area contributed by atoms with E-state index in [1.807, 2.05) is 0 Å². The first-order valence-electron chi connectivity index (χ1n) is 2.14. The van der Waals surface area contributed by atoms with Gasteiger partial charge in [0.2, 0.25) is 0 Å². The maximum absolute atomic E-state index is 10.5. The molecule has 0 unspecified atom stereocenters. The Balaban J connectivity index is 3.06. The molecule has 0 aromatic carbocycles. The van der Waals surface area contributed by atoms with Gasteiger partial charge in [0.25, 0.3) is 0 Å². The monoisotopic (exact) mass is 138 g/mol. The molecule has 0 heterocycles. The summed E-state index contributed by atoms with van der Waals surface area (Å²) in [4.78, 5) is 0. The van der Waals surface area contributed by atoms with Gasteiger partial charge in [-0.2, -0.15) is 0 Å². The van der Waals surface area contributed by atoms with E-state index in [0.29, 0.717) is 0 Å². The Labute approximate surface area is 51.4 Å². The standard InChI is InChI=1S/C4H10O3S/c1-6-3-8(5)4-7-2/h3-4H2,1-2H3. The van der Waals surface area contributed by atoms with Crippen molar-refractivity contribution in [3.8, 4) is 0 Å². The lowest BCUT2D eigenvalue weighted by atomic mass is 11.5. The molecule has 0 N–H and O–H groups in total. The van der Waals surface area contributed by atoms with E-state index in [9.17, 15) is 4.21 Å². The van der Waals surface area contributed by atoms with Gasteiger partial charge in [-0.25, -0.2) is 0 Å². The smallest absolute Gasteiger partial charge is 0.124 e. The Hall–Kier alpha value is 0.0700. The van der Waals surface area contributed by atoms with Crippen LogP contribution in [-0.2, 0) is 20.3 Å². The van der Waals surface area contributed by atoms with Gasteiger partial charge in [-0.3, -0.25) is 4.21 Å². The predicted octanol–water partition coefficient (Wildman–Crippen LogP) is -0.0571. The number of methoxy groups -OCH3 is 2. The molecule has 0 radical (unpaired) electrons. The van der Waals surface area contributed by atoms with Crippen LogP contribution >= 0.6 is 0 Å². The van der Waals surface area contributed by atoms with Gasteiger partial charge in [0.05, 0.1) is 10.8 Å². The SMILES string of the molecule is COCS(=O)COC. The zero-order valence-corrected chi connectivity index (χ0v) is 5.86. The van der Waals surface area contributed by atoms with E-state index in [2.05, 4.69) is 9.47 Å². The van der Waals surface area contributed by atoms with Crippen LogP contribution in [0.3, 0.4) is 0 Å². The van der Waals surface area contributed by atoms with Crippen LogP contribution in [0.2, 0.25) is 0 Å². The minimum atomic E-state index is -0.965. The highest BCUT2D eigenvalue weighted by atomic mass is 32.2. The van der Waals surface area contributed by atoms with E-state index in [1.165, 1.54) is 14.2 Å². The summed E-state index contributed by atoms with van der Waals surface area (Å²) < 4.78 is 19.7. The quantitative estimate of drug-likeness (QED) is 0.546. The van der Waals surface area contributed by atoms with Crippen molar-refractivity contribution < 1.29 is 13.7 Å². The number of hydrogen-bond acceptors (Lipinski definition) is 3. The van der Waals surface area contributed by atoms with Crippen molar-refractivity contribution in [1.82, 2.24) is 0 Å². The van der Waals surface area contributed by atoms with E-state index in [-0.39, 0.29) is 11.9 Å². The average Bonchev–Trinajstić information content (AvgIpc) is 1.68. The van der Waals surface area contributed by atoms with Crippen LogP contribution in [0.25, 0.3) is 0 Å². The van der Waals surface area contributed by atoms with E-state index in [1.54, 1.807) is 0 Å².